The van der Waals surface area contributed by atoms with Gasteiger partial charge in [0.25, 0.3) is 5.91 Å². The maximum atomic E-state index is 12.2. The van der Waals surface area contributed by atoms with Crippen molar-refractivity contribution in [2.24, 2.45) is 5.92 Å². The van der Waals surface area contributed by atoms with Crippen molar-refractivity contribution in [2.45, 2.75) is 39.7 Å². The second-order valence-electron chi connectivity index (χ2n) is 5.32. The molecule has 0 aliphatic carbocycles. The number of hydrogen-bond donors (Lipinski definition) is 3. The smallest absolute Gasteiger partial charge is 0.256 e. The Bertz CT molecular complexity index is 457. The summed E-state index contributed by atoms with van der Waals surface area (Å²) in [7, 11) is 0. The second kappa shape index (κ2) is 6.06. The molecule has 1 aromatic rings. The van der Waals surface area contributed by atoms with Gasteiger partial charge in [-0.2, -0.15) is 0 Å². The molecule has 19 heavy (non-hydrogen) atoms. The SMILES string of the molecule is CCC(O)(C(=O)NCC(C)C)c1ccc(O)c(C)c1. The molecule has 0 fully saturated rings. The zero-order valence-electron chi connectivity index (χ0n) is 12.0. The van der Waals surface area contributed by atoms with E-state index < -0.39 is 11.5 Å². The topological polar surface area (TPSA) is 69.6 Å². The molecule has 0 heterocycles. The molecule has 1 atom stereocenters. The Morgan fingerprint density at radius 1 is 1.42 bits per heavy atom. The van der Waals surface area contributed by atoms with E-state index in [1.807, 2.05) is 13.8 Å². The van der Waals surface area contributed by atoms with Gasteiger partial charge in [0.05, 0.1) is 0 Å². The van der Waals surface area contributed by atoms with Crippen molar-refractivity contribution in [3.63, 3.8) is 0 Å². The van der Waals surface area contributed by atoms with E-state index in [1.165, 1.54) is 6.07 Å². The van der Waals surface area contributed by atoms with Gasteiger partial charge in [0, 0.05) is 6.54 Å². The van der Waals surface area contributed by atoms with Crippen LogP contribution >= 0.6 is 0 Å². The van der Waals surface area contributed by atoms with Crippen LogP contribution in [0.1, 0.15) is 38.3 Å². The van der Waals surface area contributed by atoms with Crippen LogP contribution in [-0.4, -0.2) is 22.7 Å². The van der Waals surface area contributed by atoms with E-state index in [9.17, 15) is 15.0 Å². The average Bonchev–Trinajstić information content (AvgIpc) is 2.38. The van der Waals surface area contributed by atoms with Crippen LogP contribution in [0.4, 0.5) is 0 Å². The van der Waals surface area contributed by atoms with E-state index in [1.54, 1.807) is 26.0 Å². The van der Waals surface area contributed by atoms with Gasteiger partial charge in [0.15, 0.2) is 5.60 Å². The van der Waals surface area contributed by atoms with Gasteiger partial charge in [0.1, 0.15) is 5.75 Å². The summed E-state index contributed by atoms with van der Waals surface area (Å²) in [4.78, 5) is 12.2. The number of aliphatic hydroxyl groups is 1. The molecule has 1 aromatic carbocycles. The van der Waals surface area contributed by atoms with Crippen molar-refractivity contribution in [3.05, 3.63) is 29.3 Å². The zero-order chi connectivity index (χ0) is 14.6. The molecule has 1 amide bonds. The minimum absolute atomic E-state index is 0.157. The standard InChI is InChI=1S/C15H23NO3/c1-5-15(19,14(18)16-9-10(2)3)12-6-7-13(17)11(4)8-12/h6-8,10,17,19H,5,9H2,1-4H3,(H,16,18). The van der Waals surface area contributed by atoms with Crippen molar-refractivity contribution < 1.29 is 15.0 Å². The molecule has 0 aliphatic rings. The molecular formula is C15H23NO3. The summed E-state index contributed by atoms with van der Waals surface area (Å²) in [6.45, 7) is 8.02. The molecule has 3 N–H and O–H groups in total. The maximum Gasteiger partial charge on any atom is 0.256 e. The fraction of sp³-hybridized carbons (Fsp3) is 0.533. The van der Waals surface area contributed by atoms with E-state index in [0.717, 1.165) is 0 Å². The molecule has 0 aliphatic heterocycles. The third-order valence-electron chi connectivity index (χ3n) is 3.23. The maximum absolute atomic E-state index is 12.2. The van der Waals surface area contributed by atoms with Gasteiger partial charge in [0.2, 0.25) is 0 Å². The fourth-order valence-corrected chi connectivity index (χ4v) is 1.85. The van der Waals surface area contributed by atoms with Crippen LogP contribution in [0.15, 0.2) is 18.2 Å². The average molecular weight is 265 g/mol. The highest BCUT2D eigenvalue weighted by atomic mass is 16.3. The molecule has 0 saturated carbocycles. The quantitative estimate of drug-likeness (QED) is 0.763. The van der Waals surface area contributed by atoms with Crippen molar-refractivity contribution in [3.8, 4) is 5.75 Å². The first-order valence-corrected chi connectivity index (χ1v) is 6.62. The lowest BCUT2D eigenvalue weighted by atomic mass is 9.89. The predicted molar refractivity (Wildman–Crippen MR) is 74.9 cm³/mol. The van der Waals surface area contributed by atoms with E-state index >= 15 is 0 Å². The van der Waals surface area contributed by atoms with Crippen LogP contribution in [0.2, 0.25) is 0 Å². The Hall–Kier alpha value is -1.55. The molecular weight excluding hydrogens is 242 g/mol. The number of aryl methyl sites for hydroxylation is 1. The summed E-state index contributed by atoms with van der Waals surface area (Å²) < 4.78 is 0. The molecule has 0 spiro atoms. The Balaban J connectivity index is 3.01. The van der Waals surface area contributed by atoms with Crippen molar-refractivity contribution in [1.29, 1.82) is 0 Å². The minimum Gasteiger partial charge on any atom is -0.508 e. The molecule has 4 nitrogen and oxygen atoms in total. The van der Waals surface area contributed by atoms with Crippen molar-refractivity contribution in [1.82, 2.24) is 5.32 Å². The normalized spacial score (nSPS) is 14.2. The molecule has 0 saturated heterocycles. The summed E-state index contributed by atoms with van der Waals surface area (Å²) in [6, 6.07) is 4.73. The number of phenols is 1. The van der Waals surface area contributed by atoms with Crippen LogP contribution < -0.4 is 5.32 Å². The number of carbonyl (C=O) groups is 1. The summed E-state index contributed by atoms with van der Waals surface area (Å²) in [6.07, 6.45) is 0.279. The highest BCUT2D eigenvalue weighted by Gasteiger charge is 2.36. The lowest BCUT2D eigenvalue weighted by Gasteiger charge is -2.27. The Morgan fingerprint density at radius 2 is 2.05 bits per heavy atom. The number of phenolic OH excluding ortho intramolecular Hbond substituents is 1. The molecule has 4 heteroatoms. The highest BCUT2D eigenvalue weighted by Crippen LogP contribution is 2.29. The lowest BCUT2D eigenvalue weighted by molar-refractivity contribution is -0.141. The van der Waals surface area contributed by atoms with E-state index in [4.69, 9.17) is 0 Å². The highest BCUT2D eigenvalue weighted by molar-refractivity contribution is 5.86. The van der Waals surface area contributed by atoms with Gasteiger partial charge in [-0.05, 0) is 42.5 Å². The van der Waals surface area contributed by atoms with Crippen LogP contribution in [0.25, 0.3) is 0 Å². The first-order valence-electron chi connectivity index (χ1n) is 6.62. The van der Waals surface area contributed by atoms with E-state index in [2.05, 4.69) is 5.32 Å². The van der Waals surface area contributed by atoms with Gasteiger partial charge >= 0.3 is 0 Å². The van der Waals surface area contributed by atoms with Crippen molar-refractivity contribution >= 4 is 5.91 Å². The van der Waals surface area contributed by atoms with Crippen LogP contribution in [0.3, 0.4) is 0 Å². The molecule has 0 bridgehead atoms. The first-order chi connectivity index (χ1) is 8.81. The Morgan fingerprint density at radius 3 is 2.53 bits per heavy atom. The van der Waals surface area contributed by atoms with Crippen LogP contribution in [0.5, 0.6) is 5.75 Å². The number of carbonyl (C=O) groups excluding carboxylic acids is 1. The summed E-state index contributed by atoms with van der Waals surface area (Å²) in [5.74, 6) is 0.0881. The fourth-order valence-electron chi connectivity index (χ4n) is 1.85. The molecule has 1 rings (SSSR count). The predicted octanol–water partition coefficient (Wildman–Crippen LogP) is 2.07. The monoisotopic (exact) mass is 265 g/mol. The number of benzene rings is 1. The molecule has 0 radical (unpaired) electrons. The third-order valence-corrected chi connectivity index (χ3v) is 3.23. The van der Waals surface area contributed by atoms with Crippen molar-refractivity contribution in [2.75, 3.05) is 6.54 Å². The van der Waals surface area contributed by atoms with E-state index in [0.29, 0.717) is 23.6 Å². The lowest BCUT2D eigenvalue weighted by Crippen LogP contribution is -2.45. The third kappa shape index (κ3) is 3.47. The molecule has 1 unspecified atom stereocenters. The summed E-state index contributed by atoms with van der Waals surface area (Å²) >= 11 is 0. The minimum atomic E-state index is -1.55. The Labute approximate surface area is 114 Å². The van der Waals surface area contributed by atoms with Gasteiger partial charge < -0.3 is 15.5 Å². The van der Waals surface area contributed by atoms with E-state index in [-0.39, 0.29) is 12.2 Å². The van der Waals surface area contributed by atoms with Crippen LogP contribution in [0, 0.1) is 12.8 Å². The number of aromatic hydroxyl groups is 1. The summed E-state index contributed by atoms with van der Waals surface area (Å²) in [5, 5.41) is 22.9. The van der Waals surface area contributed by atoms with Gasteiger partial charge in [-0.3, -0.25) is 4.79 Å². The van der Waals surface area contributed by atoms with Crippen LogP contribution in [-0.2, 0) is 10.4 Å². The number of amides is 1. The zero-order valence-corrected chi connectivity index (χ0v) is 12.0. The largest absolute Gasteiger partial charge is 0.508 e. The molecule has 0 aromatic heterocycles. The van der Waals surface area contributed by atoms with Gasteiger partial charge in [-0.25, -0.2) is 0 Å². The first kappa shape index (κ1) is 15.5. The number of hydrogen-bond acceptors (Lipinski definition) is 3. The molecule has 106 valence electrons. The number of rotatable bonds is 5. The summed E-state index contributed by atoms with van der Waals surface area (Å²) in [5.41, 5.74) is -0.402. The second-order valence-corrected chi connectivity index (χ2v) is 5.32. The van der Waals surface area contributed by atoms with Gasteiger partial charge in [-0.15, -0.1) is 0 Å². The van der Waals surface area contributed by atoms with Gasteiger partial charge in [-0.1, -0.05) is 26.8 Å². The number of nitrogens with one attached hydrogen (secondary N) is 1. The Kier molecular flexibility index (Phi) is 4.95.